The Morgan fingerprint density at radius 3 is 2.64 bits per heavy atom. The van der Waals surface area contributed by atoms with Crippen molar-refractivity contribution in [2.24, 2.45) is 5.73 Å². The van der Waals surface area contributed by atoms with Crippen LogP contribution >= 0.6 is 0 Å². The van der Waals surface area contributed by atoms with E-state index in [1.54, 1.807) is 0 Å². The molecule has 84 valence electrons. The second-order valence-corrected chi connectivity index (χ2v) is 3.64. The number of nitrogens with two attached hydrogens (primary N) is 1. The van der Waals surface area contributed by atoms with Gasteiger partial charge in [0.05, 0.1) is 0 Å². The van der Waals surface area contributed by atoms with Crippen LogP contribution in [0.25, 0.3) is 0 Å². The zero-order valence-electron chi connectivity index (χ0n) is 8.99. The third-order valence-corrected chi connectivity index (χ3v) is 1.91. The molecule has 0 spiro atoms. The summed E-state index contributed by atoms with van der Waals surface area (Å²) < 4.78 is 0. The second-order valence-electron chi connectivity index (χ2n) is 3.64. The van der Waals surface area contributed by atoms with Crippen molar-refractivity contribution in [3.8, 4) is 0 Å². The number of nitrogens with zero attached hydrogens (tertiary/aromatic N) is 1. The SMILES string of the molecule is CN(C)CCCNCCC(N)C(=O)O. The molecule has 0 aliphatic carbocycles. The van der Waals surface area contributed by atoms with Crippen molar-refractivity contribution in [1.82, 2.24) is 10.2 Å². The summed E-state index contributed by atoms with van der Waals surface area (Å²) in [6.45, 7) is 2.61. The van der Waals surface area contributed by atoms with Crippen molar-refractivity contribution in [2.75, 3.05) is 33.7 Å². The number of carboxylic acids is 1. The fourth-order valence-electron chi connectivity index (χ4n) is 1.03. The summed E-state index contributed by atoms with van der Waals surface area (Å²) in [4.78, 5) is 12.5. The molecule has 4 N–H and O–H groups in total. The molecule has 14 heavy (non-hydrogen) atoms. The van der Waals surface area contributed by atoms with E-state index in [4.69, 9.17) is 10.8 Å². The maximum absolute atomic E-state index is 10.3. The van der Waals surface area contributed by atoms with Gasteiger partial charge in [-0.15, -0.1) is 0 Å². The highest BCUT2D eigenvalue weighted by Crippen LogP contribution is 1.86. The van der Waals surface area contributed by atoms with E-state index in [1.165, 1.54) is 0 Å². The van der Waals surface area contributed by atoms with Crippen molar-refractivity contribution in [2.45, 2.75) is 18.9 Å². The first-order valence-corrected chi connectivity index (χ1v) is 4.88. The summed E-state index contributed by atoms with van der Waals surface area (Å²) in [7, 11) is 4.06. The number of hydrogen-bond acceptors (Lipinski definition) is 4. The van der Waals surface area contributed by atoms with Crippen LogP contribution in [0.5, 0.6) is 0 Å². The smallest absolute Gasteiger partial charge is 0.320 e. The van der Waals surface area contributed by atoms with E-state index >= 15 is 0 Å². The molecule has 0 aliphatic heterocycles. The first kappa shape index (κ1) is 13.4. The Morgan fingerprint density at radius 1 is 1.50 bits per heavy atom. The minimum Gasteiger partial charge on any atom is -0.480 e. The zero-order valence-corrected chi connectivity index (χ0v) is 8.99. The van der Waals surface area contributed by atoms with Crippen LogP contribution in [-0.4, -0.2) is 55.7 Å². The number of hydrogen-bond donors (Lipinski definition) is 3. The van der Waals surface area contributed by atoms with Crippen LogP contribution in [0.4, 0.5) is 0 Å². The van der Waals surface area contributed by atoms with Crippen LogP contribution < -0.4 is 11.1 Å². The number of carbonyl (C=O) groups is 1. The summed E-state index contributed by atoms with van der Waals surface area (Å²) >= 11 is 0. The monoisotopic (exact) mass is 203 g/mol. The van der Waals surface area contributed by atoms with Gasteiger partial charge in [0.1, 0.15) is 6.04 Å². The molecule has 0 radical (unpaired) electrons. The Balaban J connectivity index is 3.17. The molecule has 1 atom stereocenters. The van der Waals surface area contributed by atoms with E-state index in [-0.39, 0.29) is 0 Å². The summed E-state index contributed by atoms with van der Waals surface area (Å²) in [6, 6.07) is -0.739. The molecule has 0 heterocycles. The van der Waals surface area contributed by atoms with Crippen LogP contribution in [0.1, 0.15) is 12.8 Å². The number of carboxylic acid groups (broad SMARTS) is 1. The molecule has 5 heteroatoms. The minimum absolute atomic E-state index is 0.483. The summed E-state index contributed by atoms with van der Waals surface area (Å²) in [5.41, 5.74) is 5.33. The predicted octanol–water partition coefficient (Wildman–Crippen LogP) is -0.670. The molecule has 0 aromatic carbocycles. The van der Waals surface area contributed by atoms with Crippen molar-refractivity contribution >= 4 is 5.97 Å². The highest BCUT2D eigenvalue weighted by atomic mass is 16.4. The van der Waals surface area contributed by atoms with E-state index in [2.05, 4.69) is 10.2 Å². The average Bonchev–Trinajstić information content (AvgIpc) is 2.09. The topological polar surface area (TPSA) is 78.6 Å². The molecule has 0 aliphatic rings. The first-order valence-electron chi connectivity index (χ1n) is 4.88. The maximum Gasteiger partial charge on any atom is 0.320 e. The molecule has 0 aromatic rings. The highest BCUT2D eigenvalue weighted by molar-refractivity contribution is 5.72. The summed E-state index contributed by atoms with van der Waals surface area (Å²) in [5, 5.41) is 11.7. The molecule has 0 saturated carbocycles. The third-order valence-electron chi connectivity index (χ3n) is 1.91. The Bertz CT molecular complexity index is 162. The normalized spacial score (nSPS) is 13.1. The lowest BCUT2D eigenvalue weighted by Gasteiger charge is -2.10. The Morgan fingerprint density at radius 2 is 2.14 bits per heavy atom. The average molecular weight is 203 g/mol. The molecule has 0 fully saturated rings. The van der Waals surface area contributed by atoms with Crippen LogP contribution in [0, 0.1) is 0 Å². The van der Waals surface area contributed by atoms with Gasteiger partial charge in [0.25, 0.3) is 0 Å². The predicted molar refractivity (Wildman–Crippen MR) is 56.3 cm³/mol. The van der Waals surface area contributed by atoms with Gasteiger partial charge in [0.2, 0.25) is 0 Å². The number of nitrogens with one attached hydrogen (secondary N) is 1. The van der Waals surface area contributed by atoms with Crippen LogP contribution in [-0.2, 0) is 4.79 Å². The second kappa shape index (κ2) is 7.73. The maximum atomic E-state index is 10.3. The van der Waals surface area contributed by atoms with Crippen molar-refractivity contribution in [3.63, 3.8) is 0 Å². The molecular formula is C9H21N3O2. The van der Waals surface area contributed by atoms with Gasteiger partial charge in [-0.2, -0.15) is 0 Å². The molecule has 0 amide bonds. The molecule has 0 bridgehead atoms. The van der Waals surface area contributed by atoms with E-state index in [0.29, 0.717) is 13.0 Å². The first-order chi connectivity index (χ1) is 6.54. The highest BCUT2D eigenvalue weighted by Gasteiger charge is 2.09. The van der Waals surface area contributed by atoms with Gasteiger partial charge in [-0.05, 0) is 46.6 Å². The minimum atomic E-state index is -0.930. The fraction of sp³-hybridized carbons (Fsp3) is 0.889. The van der Waals surface area contributed by atoms with Gasteiger partial charge in [0, 0.05) is 0 Å². The molecule has 0 rings (SSSR count). The van der Waals surface area contributed by atoms with Gasteiger partial charge in [-0.25, -0.2) is 0 Å². The summed E-state index contributed by atoms with van der Waals surface area (Å²) in [5.74, 6) is -0.930. The lowest BCUT2D eigenvalue weighted by atomic mass is 10.2. The van der Waals surface area contributed by atoms with E-state index in [0.717, 1.165) is 19.5 Å². The van der Waals surface area contributed by atoms with Crippen molar-refractivity contribution in [3.05, 3.63) is 0 Å². The molecule has 1 unspecified atom stereocenters. The van der Waals surface area contributed by atoms with Gasteiger partial charge in [-0.1, -0.05) is 0 Å². The zero-order chi connectivity index (χ0) is 11.0. The van der Waals surface area contributed by atoms with Gasteiger partial charge < -0.3 is 21.1 Å². The number of aliphatic carboxylic acids is 1. The van der Waals surface area contributed by atoms with E-state index < -0.39 is 12.0 Å². The van der Waals surface area contributed by atoms with Crippen molar-refractivity contribution < 1.29 is 9.90 Å². The van der Waals surface area contributed by atoms with E-state index in [9.17, 15) is 4.79 Å². The van der Waals surface area contributed by atoms with Crippen molar-refractivity contribution in [1.29, 1.82) is 0 Å². The molecule has 0 aromatic heterocycles. The lowest BCUT2D eigenvalue weighted by Crippen LogP contribution is -2.34. The number of rotatable bonds is 8. The quantitative estimate of drug-likeness (QED) is 0.456. The van der Waals surface area contributed by atoms with Crippen LogP contribution in [0.15, 0.2) is 0 Å². The Kier molecular flexibility index (Phi) is 7.37. The van der Waals surface area contributed by atoms with Gasteiger partial charge in [-0.3, -0.25) is 4.79 Å². The van der Waals surface area contributed by atoms with Gasteiger partial charge >= 0.3 is 5.97 Å². The Hall–Kier alpha value is -0.650. The van der Waals surface area contributed by atoms with Crippen LogP contribution in [0.2, 0.25) is 0 Å². The molecular weight excluding hydrogens is 182 g/mol. The van der Waals surface area contributed by atoms with E-state index in [1.807, 2.05) is 14.1 Å². The standard InChI is InChI=1S/C9H21N3O2/c1-12(2)7-3-5-11-6-4-8(10)9(13)14/h8,11H,3-7,10H2,1-2H3,(H,13,14). The Labute approximate surface area is 85.3 Å². The van der Waals surface area contributed by atoms with Gasteiger partial charge in [0.15, 0.2) is 0 Å². The lowest BCUT2D eigenvalue weighted by molar-refractivity contribution is -0.138. The third kappa shape index (κ3) is 7.97. The fourth-order valence-corrected chi connectivity index (χ4v) is 1.03. The molecule has 5 nitrogen and oxygen atoms in total. The largest absolute Gasteiger partial charge is 0.480 e. The molecule has 0 saturated heterocycles. The summed E-state index contributed by atoms with van der Waals surface area (Å²) in [6.07, 6.45) is 1.55. The van der Waals surface area contributed by atoms with Crippen LogP contribution in [0.3, 0.4) is 0 Å².